The fourth-order valence-corrected chi connectivity index (χ4v) is 7.19. The van der Waals surface area contributed by atoms with Gasteiger partial charge in [-0.05, 0) is 60.0 Å². The number of nitrogens with zero attached hydrogens (tertiary/aromatic N) is 2. The number of ether oxygens (including phenoxy) is 3. The Balaban J connectivity index is 1.86. The number of hydrogen-bond donors (Lipinski definition) is 1. The number of anilines is 1. The Hall–Kier alpha value is -4.26. The molecule has 0 heterocycles. The van der Waals surface area contributed by atoms with Gasteiger partial charge < -0.3 is 24.4 Å². The standard InChI is InChI=1S/C37H41BrClN3O7S/c1-5-6-20-40-37(44)32(21-26-10-8-7-9-11-26)41(24-27-12-14-28(38)15-13-27)36(43)25-42(31-22-29(39)16-18-33(31)47-2)50(45,46)30-17-19-34(48-3)35(23-30)49-4/h7-19,22-23,32H,5-6,20-21,24-25H2,1-4H3,(H,40,44). The number of unbranched alkanes of at least 4 members (excludes halogenated alkanes) is 1. The van der Waals surface area contributed by atoms with Crippen molar-refractivity contribution in [3.8, 4) is 17.2 Å². The summed E-state index contributed by atoms with van der Waals surface area (Å²) in [7, 11) is -0.251. The van der Waals surface area contributed by atoms with Crippen molar-refractivity contribution in [1.82, 2.24) is 10.2 Å². The number of benzene rings is 4. The number of carbonyl (C=O) groups is 2. The van der Waals surface area contributed by atoms with E-state index >= 15 is 0 Å². The van der Waals surface area contributed by atoms with Gasteiger partial charge in [0.25, 0.3) is 10.0 Å². The maximum Gasteiger partial charge on any atom is 0.265 e. The molecule has 266 valence electrons. The van der Waals surface area contributed by atoms with E-state index in [0.717, 1.165) is 32.7 Å². The van der Waals surface area contributed by atoms with Crippen molar-refractivity contribution in [3.63, 3.8) is 0 Å². The van der Waals surface area contributed by atoms with Crippen LogP contribution in [0.4, 0.5) is 5.69 Å². The Morgan fingerprint density at radius 3 is 2.14 bits per heavy atom. The van der Waals surface area contributed by atoms with Crippen LogP contribution < -0.4 is 23.8 Å². The summed E-state index contributed by atoms with van der Waals surface area (Å²) < 4.78 is 47.2. The summed E-state index contributed by atoms with van der Waals surface area (Å²) in [6, 6.07) is 24.4. The zero-order valence-corrected chi connectivity index (χ0v) is 31.6. The van der Waals surface area contributed by atoms with Crippen molar-refractivity contribution in [2.75, 3.05) is 38.7 Å². The SMILES string of the molecule is CCCCNC(=O)C(Cc1ccccc1)N(Cc1ccc(Br)cc1)C(=O)CN(c1cc(Cl)ccc1OC)S(=O)(=O)c1ccc(OC)c(OC)c1. The number of halogens is 2. The molecule has 0 aromatic heterocycles. The first-order chi connectivity index (χ1) is 24.0. The molecule has 50 heavy (non-hydrogen) atoms. The quantitative estimate of drug-likeness (QED) is 0.116. The van der Waals surface area contributed by atoms with E-state index in [-0.39, 0.29) is 46.0 Å². The third kappa shape index (κ3) is 9.70. The molecule has 0 aliphatic rings. The molecule has 1 atom stereocenters. The van der Waals surface area contributed by atoms with Gasteiger partial charge in [-0.1, -0.05) is 83.3 Å². The molecular weight excluding hydrogens is 746 g/mol. The molecule has 0 aliphatic carbocycles. The van der Waals surface area contributed by atoms with Gasteiger partial charge in [0.2, 0.25) is 11.8 Å². The highest BCUT2D eigenvalue weighted by Crippen LogP contribution is 2.37. The molecule has 1 N–H and O–H groups in total. The fourth-order valence-electron chi connectivity index (χ4n) is 5.32. The van der Waals surface area contributed by atoms with Gasteiger partial charge in [0.1, 0.15) is 18.3 Å². The van der Waals surface area contributed by atoms with Crippen LogP contribution in [0.15, 0.2) is 100 Å². The average Bonchev–Trinajstić information content (AvgIpc) is 3.12. The predicted octanol–water partition coefficient (Wildman–Crippen LogP) is 6.88. The lowest BCUT2D eigenvalue weighted by atomic mass is 10.0. The van der Waals surface area contributed by atoms with Crippen LogP contribution in [0.25, 0.3) is 0 Å². The second-order valence-corrected chi connectivity index (χ2v) is 14.6. The van der Waals surface area contributed by atoms with E-state index in [1.807, 2.05) is 61.5 Å². The summed E-state index contributed by atoms with van der Waals surface area (Å²) in [6.07, 6.45) is 1.83. The Kier molecular flexibility index (Phi) is 14.0. The molecule has 10 nitrogen and oxygen atoms in total. The van der Waals surface area contributed by atoms with Crippen molar-refractivity contribution in [1.29, 1.82) is 0 Å². The summed E-state index contributed by atoms with van der Waals surface area (Å²) >= 11 is 9.85. The minimum absolute atomic E-state index is 0.0295. The number of rotatable bonds is 17. The topological polar surface area (TPSA) is 114 Å². The highest BCUT2D eigenvalue weighted by Gasteiger charge is 2.36. The van der Waals surface area contributed by atoms with E-state index in [9.17, 15) is 18.0 Å². The number of sulfonamides is 1. The monoisotopic (exact) mass is 785 g/mol. The maximum atomic E-state index is 14.8. The van der Waals surface area contributed by atoms with Gasteiger partial charge in [0.15, 0.2) is 11.5 Å². The van der Waals surface area contributed by atoms with Crippen LogP contribution in [0, 0.1) is 0 Å². The van der Waals surface area contributed by atoms with Gasteiger partial charge in [-0.15, -0.1) is 0 Å². The largest absolute Gasteiger partial charge is 0.495 e. The summed E-state index contributed by atoms with van der Waals surface area (Å²) in [5.74, 6) is -0.286. The van der Waals surface area contributed by atoms with E-state index < -0.39 is 28.5 Å². The molecule has 1 unspecified atom stereocenters. The van der Waals surface area contributed by atoms with Crippen molar-refractivity contribution in [2.24, 2.45) is 0 Å². The van der Waals surface area contributed by atoms with Crippen LogP contribution >= 0.6 is 27.5 Å². The lowest BCUT2D eigenvalue weighted by Crippen LogP contribution is -2.53. The predicted molar refractivity (Wildman–Crippen MR) is 199 cm³/mol. The van der Waals surface area contributed by atoms with Crippen molar-refractivity contribution >= 4 is 55.1 Å². The van der Waals surface area contributed by atoms with Gasteiger partial charge in [0.05, 0.1) is 31.9 Å². The number of nitrogens with one attached hydrogen (secondary N) is 1. The zero-order valence-electron chi connectivity index (χ0n) is 28.4. The molecule has 4 aromatic carbocycles. The Labute approximate surface area is 307 Å². The Morgan fingerprint density at radius 2 is 1.50 bits per heavy atom. The Bertz CT molecular complexity index is 1860. The van der Waals surface area contributed by atoms with E-state index in [1.54, 1.807) is 6.07 Å². The third-order valence-corrected chi connectivity index (χ3v) is 10.5. The molecule has 0 bridgehead atoms. The van der Waals surface area contributed by atoms with Gasteiger partial charge in [-0.3, -0.25) is 13.9 Å². The van der Waals surface area contributed by atoms with Crippen LogP contribution in [0.2, 0.25) is 5.02 Å². The number of amides is 2. The second kappa shape index (κ2) is 18.1. The minimum atomic E-state index is -4.49. The van der Waals surface area contributed by atoms with Crippen LogP contribution in [-0.2, 0) is 32.6 Å². The first kappa shape index (κ1) is 38.5. The molecule has 0 spiro atoms. The van der Waals surface area contributed by atoms with Gasteiger partial charge in [-0.25, -0.2) is 8.42 Å². The van der Waals surface area contributed by atoms with E-state index in [4.69, 9.17) is 25.8 Å². The summed E-state index contributed by atoms with van der Waals surface area (Å²) in [5, 5.41) is 3.22. The van der Waals surface area contributed by atoms with Gasteiger partial charge in [-0.2, -0.15) is 0 Å². The minimum Gasteiger partial charge on any atom is -0.495 e. The van der Waals surface area contributed by atoms with Crippen molar-refractivity contribution in [3.05, 3.63) is 112 Å². The first-order valence-electron chi connectivity index (χ1n) is 16.0. The normalized spacial score (nSPS) is 11.7. The van der Waals surface area contributed by atoms with Crippen LogP contribution in [0.5, 0.6) is 17.2 Å². The molecule has 0 radical (unpaired) electrons. The number of carbonyl (C=O) groups excluding carboxylic acids is 2. The lowest BCUT2D eigenvalue weighted by molar-refractivity contribution is -0.140. The number of methoxy groups -OCH3 is 3. The average molecular weight is 787 g/mol. The van der Waals surface area contributed by atoms with Crippen molar-refractivity contribution < 1.29 is 32.2 Å². The lowest BCUT2D eigenvalue weighted by Gasteiger charge is -2.34. The molecule has 0 saturated heterocycles. The van der Waals surface area contributed by atoms with Gasteiger partial charge >= 0.3 is 0 Å². The summed E-state index contributed by atoms with van der Waals surface area (Å²) in [6.45, 7) is 1.80. The molecular formula is C37H41BrClN3O7S. The molecule has 4 aromatic rings. The van der Waals surface area contributed by atoms with E-state index in [0.29, 0.717) is 12.3 Å². The molecule has 0 aliphatic heterocycles. The molecule has 4 rings (SSSR count). The fraction of sp³-hybridized carbons (Fsp3) is 0.297. The molecule has 2 amide bonds. The summed E-state index contributed by atoms with van der Waals surface area (Å²) in [5.41, 5.74) is 1.62. The molecule has 13 heteroatoms. The first-order valence-corrected chi connectivity index (χ1v) is 18.6. The van der Waals surface area contributed by atoms with Gasteiger partial charge in [0, 0.05) is 35.1 Å². The second-order valence-electron chi connectivity index (χ2n) is 11.3. The zero-order chi connectivity index (χ0) is 36.3. The van der Waals surface area contributed by atoms with Crippen LogP contribution in [-0.4, -0.2) is 65.6 Å². The van der Waals surface area contributed by atoms with Crippen LogP contribution in [0.1, 0.15) is 30.9 Å². The van der Waals surface area contributed by atoms with Crippen molar-refractivity contribution in [2.45, 2.75) is 43.7 Å². The van der Waals surface area contributed by atoms with Crippen LogP contribution in [0.3, 0.4) is 0 Å². The maximum absolute atomic E-state index is 14.8. The summed E-state index contributed by atoms with van der Waals surface area (Å²) in [4.78, 5) is 30.0. The number of hydrogen-bond acceptors (Lipinski definition) is 7. The molecule has 0 saturated carbocycles. The highest BCUT2D eigenvalue weighted by atomic mass is 79.9. The van der Waals surface area contributed by atoms with E-state index in [2.05, 4.69) is 21.2 Å². The highest BCUT2D eigenvalue weighted by molar-refractivity contribution is 9.10. The third-order valence-electron chi connectivity index (χ3n) is 8.00. The Morgan fingerprint density at radius 1 is 0.840 bits per heavy atom. The molecule has 0 fully saturated rings. The smallest absolute Gasteiger partial charge is 0.265 e. The van der Waals surface area contributed by atoms with E-state index in [1.165, 1.54) is 56.6 Å².